The number of ether oxygens (including phenoxy) is 1. The normalized spacial score (nSPS) is 22.0. The molecule has 3 atom stereocenters. The zero-order chi connectivity index (χ0) is 25.6. The Hall–Kier alpha value is -1.89. The van der Waals surface area contributed by atoms with E-state index in [1.54, 1.807) is 25.8 Å². The zero-order valence-electron chi connectivity index (χ0n) is 22.6. The summed E-state index contributed by atoms with van der Waals surface area (Å²) >= 11 is 0. The van der Waals surface area contributed by atoms with Crippen LogP contribution in [0, 0.1) is 11.3 Å². The lowest BCUT2D eigenvalue weighted by molar-refractivity contribution is -0.142. The van der Waals surface area contributed by atoms with Gasteiger partial charge >= 0.3 is 5.97 Å². The van der Waals surface area contributed by atoms with Crippen LogP contribution in [0.25, 0.3) is 0 Å². The van der Waals surface area contributed by atoms with Gasteiger partial charge in [0, 0.05) is 18.7 Å². The van der Waals surface area contributed by atoms with Crippen LogP contribution in [-0.2, 0) is 19.1 Å². The van der Waals surface area contributed by atoms with E-state index in [2.05, 4.69) is 10.2 Å². The Kier molecular flexibility index (Phi) is 10.2. The Morgan fingerprint density at radius 2 is 1.76 bits per heavy atom. The van der Waals surface area contributed by atoms with Crippen LogP contribution in [0.2, 0.25) is 0 Å². The fraction of sp³-hybridized carbons (Fsp3) is 0.815. The summed E-state index contributed by atoms with van der Waals surface area (Å²) in [6.45, 7) is 14.8. The number of carbonyl (C=O) groups is 3. The van der Waals surface area contributed by atoms with E-state index in [0.29, 0.717) is 18.2 Å². The zero-order valence-corrected chi connectivity index (χ0v) is 22.6. The van der Waals surface area contributed by atoms with E-state index < -0.39 is 11.5 Å². The van der Waals surface area contributed by atoms with E-state index in [4.69, 9.17) is 4.74 Å². The number of nitrogens with one attached hydrogen (secondary N) is 1. The van der Waals surface area contributed by atoms with Crippen molar-refractivity contribution in [2.45, 2.75) is 111 Å². The lowest BCUT2D eigenvalue weighted by Gasteiger charge is -2.45. The van der Waals surface area contributed by atoms with Gasteiger partial charge in [0.2, 0.25) is 11.8 Å². The van der Waals surface area contributed by atoms with E-state index in [0.717, 1.165) is 38.6 Å². The van der Waals surface area contributed by atoms with Gasteiger partial charge in [-0.1, -0.05) is 53.5 Å². The largest absolute Gasteiger partial charge is 0.463 e. The Morgan fingerprint density at radius 3 is 2.26 bits per heavy atom. The number of likely N-dealkylation sites (tertiary alicyclic amines) is 1. The van der Waals surface area contributed by atoms with Gasteiger partial charge < -0.3 is 15.0 Å². The van der Waals surface area contributed by atoms with Gasteiger partial charge in [-0.25, -0.2) is 4.79 Å². The van der Waals surface area contributed by atoms with Crippen LogP contribution in [0.15, 0.2) is 11.6 Å². The van der Waals surface area contributed by atoms with Crippen LogP contribution in [-0.4, -0.2) is 72.0 Å². The summed E-state index contributed by atoms with van der Waals surface area (Å²) in [4.78, 5) is 43.5. The minimum absolute atomic E-state index is 0.0346. The van der Waals surface area contributed by atoms with Crippen LogP contribution in [0.4, 0.5) is 0 Å². The molecule has 0 aromatic rings. The third-order valence-electron chi connectivity index (χ3n) is 7.29. The fourth-order valence-corrected chi connectivity index (χ4v) is 4.95. The Labute approximate surface area is 206 Å². The lowest BCUT2D eigenvalue weighted by atomic mass is 9.84. The number of amides is 2. The average molecular weight is 478 g/mol. The maximum atomic E-state index is 13.8. The molecular weight excluding hydrogens is 430 g/mol. The highest BCUT2D eigenvalue weighted by Crippen LogP contribution is 2.31. The lowest BCUT2D eigenvalue weighted by Crippen LogP contribution is -2.61. The van der Waals surface area contributed by atoms with Gasteiger partial charge in [0.05, 0.1) is 18.7 Å². The highest BCUT2D eigenvalue weighted by atomic mass is 16.5. The molecule has 0 radical (unpaired) electrons. The average Bonchev–Trinajstić information content (AvgIpc) is 2.72. The minimum Gasteiger partial charge on any atom is -0.463 e. The first kappa shape index (κ1) is 28.3. The Bertz CT molecular complexity index is 751. The van der Waals surface area contributed by atoms with E-state index >= 15 is 0 Å². The number of hydrogen-bond acceptors (Lipinski definition) is 5. The molecule has 1 aliphatic carbocycles. The molecule has 194 valence electrons. The summed E-state index contributed by atoms with van der Waals surface area (Å²) in [5, 5.41) is 3.15. The standard InChI is InChI=1S/C27H47N3O4/c1-9-34-26(33)19(4)17-22(18(2)3)29(8)25(32)23(27(5,6)7)28-24(31)21-15-10-11-16-30(21)20-13-12-14-20/h17-18,20-23H,9-16H2,1-8H3,(H,28,31)/t21?,22-,23-/m1/s1. The molecule has 2 amide bonds. The Balaban J connectivity index is 2.22. The maximum Gasteiger partial charge on any atom is 0.333 e. The third kappa shape index (κ3) is 7.06. The predicted molar refractivity (Wildman–Crippen MR) is 135 cm³/mol. The monoisotopic (exact) mass is 477 g/mol. The van der Waals surface area contributed by atoms with Gasteiger partial charge in [-0.05, 0) is 57.4 Å². The van der Waals surface area contributed by atoms with Gasteiger partial charge in [-0.2, -0.15) is 0 Å². The molecule has 1 heterocycles. The highest BCUT2D eigenvalue weighted by Gasteiger charge is 2.41. The summed E-state index contributed by atoms with van der Waals surface area (Å²) in [6, 6.07) is -0.606. The van der Waals surface area contributed by atoms with E-state index in [9.17, 15) is 14.4 Å². The molecule has 2 fully saturated rings. The van der Waals surface area contributed by atoms with Crippen LogP contribution in [0.1, 0.15) is 87.0 Å². The molecule has 2 rings (SSSR count). The molecule has 0 bridgehead atoms. The van der Waals surface area contributed by atoms with Gasteiger partial charge in [0.15, 0.2) is 0 Å². The molecule has 34 heavy (non-hydrogen) atoms. The molecule has 0 aromatic heterocycles. The van der Waals surface area contributed by atoms with Gasteiger partial charge in [-0.15, -0.1) is 0 Å². The van der Waals surface area contributed by atoms with Gasteiger partial charge in [-0.3, -0.25) is 14.5 Å². The van der Waals surface area contributed by atoms with Crippen LogP contribution in [0.5, 0.6) is 0 Å². The van der Waals surface area contributed by atoms with E-state index in [1.807, 2.05) is 40.7 Å². The Morgan fingerprint density at radius 1 is 1.12 bits per heavy atom. The summed E-state index contributed by atoms with van der Waals surface area (Å²) in [6.07, 6.45) is 8.39. The van der Waals surface area contributed by atoms with Crippen molar-refractivity contribution >= 4 is 17.8 Å². The number of nitrogens with zero attached hydrogens (tertiary/aromatic N) is 2. The second-order valence-electron chi connectivity index (χ2n) is 11.4. The summed E-state index contributed by atoms with van der Waals surface area (Å²) in [7, 11) is 1.76. The minimum atomic E-state index is -0.660. The van der Waals surface area contributed by atoms with Crippen molar-refractivity contribution in [1.82, 2.24) is 15.1 Å². The van der Waals surface area contributed by atoms with Crippen LogP contribution >= 0.6 is 0 Å². The summed E-state index contributed by atoms with van der Waals surface area (Å²) in [5.41, 5.74) is 0.0215. The van der Waals surface area contributed by atoms with Crippen LogP contribution < -0.4 is 5.32 Å². The molecule has 1 saturated heterocycles. The molecule has 2 aliphatic rings. The molecule has 0 aromatic carbocycles. The molecule has 1 aliphatic heterocycles. The van der Waals surface area contributed by atoms with Crippen molar-refractivity contribution in [3.05, 3.63) is 11.6 Å². The topological polar surface area (TPSA) is 79.0 Å². The smallest absolute Gasteiger partial charge is 0.333 e. The van der Waals surface area contributed by atoms with Crippen molar-refractivity contribution in [2.24, 2.45) is 11.3 Å². The molecule has 0 spiro atoms. The first-order valence-electron chi connectivity index (χ1n) is 13.1. The second-order valence-corrected chi connectivity index (χ2v) is 11.4. The molecule has 7 heteroatoms. The predicted octanol–water partition coefficient (Wildman–Crippen LogP) is 3.92. The van der Waals surface area contributed by atoms with Crippen molar-refractivity contribution in [1.29, 1.82) is 0 Å². The SMILES string of the molecule is CCOC(=O)C(C)=C[C@H](C(C)C)N(C)C(=O)[C@@H](NC(=O)C1CCCCN1C1CCC1)C(C)(C)C. The highest BCUT2D eigenvalue weighted by molar-refractivity contribution is 5.91. The van der Waals surface area contributed by atoms with Gasteiger partial charge in [0.1, 0.15) is 6.04 Å². The molecule has 1 unspecified atom stereocenters. The van der Waals surface area contributed by atoms with Gasteiger partial charge in [0.25, 0.3) is 0 Å². The van der Waals surface area contributed by atoms with E-state index in [1.165, 1.54) is 6.42 Å². The third-order valence-corrected chi connectivity index (χ3v) is 7.29. The van der Waals surface area contributed by atoms with Crippen molar-refractivity contribution in [3.63, 3.8) is 0 Å². The fourth-order valence-electron chi connectivity index (χ4n) is 4.95. The van der Waals surface area contributed by atoms with Crippen molar-refractivity contribution in [2.75, 3.05) is 20.2 Å². The number of hydrogen-bond donors (Lipinski definition) is 1. The number of esters is 1. The molecule has 7 nitrogen and oxygen atoms in total. The maximum absolute atomic E-state index is 13.8. The van der Waals surface area contributed by atoms with Crippen LogP contribution in [0.3, 0.4) is 0 Å². The molecular formula is C27H47N3O4. The molecule has 1 N–H and O–H groups in total. The first-order chi connectivity index (χ1) is 15.9. The summed E-state index contributed by atoms with van der Waals surface area (Å²) in [5.74, 6) is -0.462. The number of likely N-dealkylation sites (N-methyl/N-ethyl adjacent to an activating group) is 1. The molecule has 1 saturated carbocycles. The van der Waals surface area contributed by atoms with E-state index in [-0.39, 0.29) is 35.8 Å². The number of carbonyl (C=O) groups excluding carboxylic acids is 3. The second kappa shape index (κ2) is 12.2. The quantitative estimate of drug-likeness (QED) is 0.402. The number of rotatable bonds is 9. The van der Waals surface area contributed by atoms with Crippen molar-refractivity contribution in [3.8, 4) is 0 Å². The summed E-state index contributed by atoms with van der Waals surface area (Å²) < 4.78 is 5.12. The van der Waals surface area contributed by atoms with Crippen molar-refractivity contribution < 1.29 is 19.1 Å². The first-order valence-corrected chi connectivity index (χ1v) is 13.1. The number of piperidine rings is 1.